The molecule has 1 aliphatic rings. The first kappa shape index (κ1) is 25.2. The maximum atomic E-state index is 16.0. The van der Waals surface area contributed by atoms with Gasteiger partial charge in [0.1, 0.15) is 15.6 Å². The molecule has 1 aliphatic carbocycles. The van der Waals surface area contributed by atoms with Crippen LogP contribution in [-0.2, 0) is 9.84 Å². The third kappa shape index (κ3) is 4.36. The molecule has 1 aromatic carbocycles. The smallest absolute Gasteiger partial charge is 0.274 e. The minimum absolute atomic E-state index is 0.0172. The molecule has 4 aromatic rings. The molecule has 0 radical (unpaired) electrons. The predicted octanol–water partition coefficient (Wildman–Crippen LogP) is 5.52. The van der Waals surface area contributed by atoms with Crippen LogP contribution in [0.1, 0.15) is 40.8 Å². The third-order valence-electron chi connectivity index (χ3n) is 6.64. The lowest BCUT2D eigenvalue weighted by Gasteiger charge is -2.18. The summed E-state index contributed by atoms with van der Waals surface area (Å²) in [6, 6.07) is 11.1. The van der Waals surface area contributed by atoms with Crippen LogP contribution in [0.15, 0.2) is 64.5 Å². The van der Waals surface area contributed by atoms with Gasteiger partial charge in [-0.2, -0.15) is 0 Å². The van der Waals surface area contributed by atoms with Crippen molar-refractivity contribution in [2.75, 3.05) is 6.26 Å². The SMILES string of the molecule is Cc1cnc(-c2cccc(S(C)(=O)=O)c2F)c(F)c1-n1c(C)cc([C@@H]2CC2c2ccccn2)c(Cl)c1=O. The molecule has 10 heteroatoms. The average molecular weight is 542 g/mol. The summed E-state index contributed by atoms with van der Waals surface area (Å²) in [5.41, 5.74) is 0.904. The highest BCUT2D eigenvalue weighted by Gasteiger charge is 2.42. The largest absolute Gasteiger partial charge is 0.277 e. The van der Waals surface area contributed by atoms with E-state index in [2.05, 4.69) is 9.97 Å². The van der Waals surface area contributed by atoms with Crippen LogP contribution in [-0.4, -0.2) is 29.2 Å². The van der Waals surface area contributed by atoms with Gasteiger partial charge in [-0.15, -0.1) is 0 Å². The fraction of sp³-hybridized carbons (Fsp3) is 0.222. The van der Waals surface area contributed by atoms with E-state index in [1.54, 1.807) is 26.1 Å². The van der Waals surface area contributed by atoms with Crippen LogP contribution in [0.3, 0.4) is 0 Å². The predicted molar refractivity (Wildman–Crippen MR) is 137 cm³/mol. The molecule has 0 bridgehead atoms. The minimum Gasteiger partial charge on any atom is -0.277 e. The van der Waals surface area contributed by atoms with Crippen molar-refractivity contribution in [1.29, 1.82) is 0 Å². The van der Waals surface area contributed by atoms with E-state index in [0.29, 0.717) is 16.8 Å². The molecule has 0 spiro atoms. The minimum atomic E-state index is -3.90. The van der Waals surface area contributed by atoms with Crippen molar-refractivity contribution in [1.82, 2.24) is 14.5 Å². The van der Waals surface area contributed by atoms with Crippen LogP contribution in [0.25, 0.3) is 16.9 Å². The van der Waals surface area contributed by atoms with Crippen LogP contribution >= 0.6 is 11.6 Å². The maximum Gasteiger partial charge on any atom is 0.274 e. The van der Waals surface area contributed by atoms with E-state index >= 15 is 8.78 Å². The van der Waals surface area contributed by atoms with Crippen LogP contribution < -0.4 is 5.56 Å². The molecule has 5 rings (SSSR count). The van der Waals surface area contributed by atoms with E-state index in [1.807, 2.05) is 18.2 Å². The van der Waals surface area contributed by atoms with Gasteiger partial charge in [-0.05, 0) is 67.6 Å². The third-order valence-corrected chi connectivity index (χ3v) is 8.13. The van der Waals surface area contributed by atoms with E-state index < -0.39 is 37.6 Å². The van der Waals surface area contributed by atoms with Gasteiger partial charge in [0.15, 0.2) is 21.5 Å². The van der Waals surface area contributed by atoms with E-state index in [0.717, 1.165) is 29.0 Å². The number of aryl methyl sites for hydroxylation is 2. The molecule has 0 saturated heterocycles. The molecule has 1 fully saturated rings. The summed E-state index contributed by atoms with van der Waals surface area (Å²) in [6.45, 7) is 3.24. The van der Waals surface area contributed by atoms with Crippen molar-refractivity contribution < 1.29 is 17.2 Å². The van der Waals surface area contributed by atoms with Crippen LogP contribution in [0.4, 0.5) is 8.78 Å². The normalized spacial score (nSPS) is 17.1. The van der Waals surface area contributed by atoms with Crippen LogP contribution in [0.2, 0.25) is 5.02 Å². The van der Waals surface area contributed by atoms with Gasteiger partial charge in [0.25, 0.3) is 5.56 Å². The summed E-state index contributed by atoms with van der Waals surface area (Å²) in [6.07, 6.45) is 4.69. The Bertz CT molecular complexity index is 1720. The number of pyridine rings is 3. The van der Waals surface area contributed by atoms with Crippen molar-refractivity contribution in [3.05, 3.63) is 104 Å². The molecular formula is C27H22ClF2N3O3S. The monoisotopic (exact) mass is 541 g/mol. The number of nitrogens with zero attached hydrogens (tertiary/aromatic N) is 3. The molecule has 1 saturated carbocycles. The molecule has 2 atom stereocenters. The fourth-order valence-corrected chi connectivity index (χ4v) is 5.79. The Labute approximate surface area is 217 Å². The Morgan fingerprint density at radius 3 is 2.46 bits per heavy atom. The molecule has 190 valence electrons. The van der Waals surface area contributed by atoms with Gasteiger partial charge >= 0.3 is 0 Å². The van der Waals surface area contributed by atoms with E-state index in [9.17, 15) is 13.2 Å². The lowest BCUT2D eigenvalue weighted by Crippen LogP contribution is -2.24. The summed E-state index contributed by atoms with van der Waals surface area (Å²) in [5.74, 6) is -1.91. The Kier molecular flexibility index (Phi) is 6.24. The quantitative estimate of drug-likeness (QED) is 0.332. The van der Waals surface area contributed by atoms with Gasteiger partial charge in [-0.25, -0.2) is 17.2 Å². The maximum absolute atomic E-state index is 16.0. The zero-order valence-corrected chi connectivity index (χ0v) is 21.7. The highest BCUT2D eigenvalue weighted by Crippen LogP contribution is 2.55. The van der Waals surface area contributed by atoms with E-state index in [4.69, 9.17) is 11.6 Å². The van der Waals surface area contributed by atoms with Crippen molar-refractivity contribution >= 4 is 21.4 Å². The molecule has 3 aromatic heterocycles. The van der Waals surface area contributed by atoms with Gasteiger partial charge in [0.05, 0.1) is 5.69 Å². The number of hydrogen-bond donors (Lipinski definition) is 0. The van der Waals surface area contributed by atoms with Crippen LogP contribution in [0, 0.1) is 25.5 Å². The Hall–Kier alpha value is -3.43. The lowest BCUT2D eigenvalue weighted by molar-refractivity contribution is 0.569. The van der Waals surface area contributed by atoms with Gasteiger partial charge in [0, 0.05) is 41.5 Å². The number of sulfone groups is 1. The summed E-state index contributed by atoms with van der Waals surface area (Å²) < 4.78 is 56.2. The van der Waals surface area contributed by atoms with Crippen molar-refractivity contribution in [3.8, 4) is 16.9 Å². The Balaban J connectivity index is 1.63. The number of benzene rings is 1. The zero-order chi connectivity index (χ0) is 26.6. The van der Waals surface area contributed by atoms with Crippen molar-refractivity contribution in [2.45, 2.75) is 37.0 Å². The molecular weight excluding hydrogens is 520 g/mol. The molecule has 0 aliphatic heterocycles. The fourth-order valence-electron chi connectivity index (χ4n) is 4.75. The Morgan fingerprint density at radius 2 is 1.78 bits per heavy atom. The molecule has 37 heavy (non-hydrogen) atoms. The van der Waals surface area contributed by atoms with Gasteiger partial charge in [0.2, 0.25) is 0 Å². The second kappa shape index (κ2) is 9.15. The van der Waals surface area contributed by atoms with Gasteiger partial charge in [-0.3, -0.25) is 19.3 Å². The van der Waals surface area contributed by atoms with Crippen molar-refractivity contribution in [3.63, 3.8) is 0 Å². The highest BCUT2D eigenvalue weighted by atomic mass is 35.5. The second-order valence-corrected chi connectivity index (χ2v) is 11.6. The number of aromatic nitrogens is 3. The first-order chi connectivity index (χ1) is 17.5. The molecule has 0 amide bonds. The van der Waals surface area contributed by atoms with Gasteiger partial charge < -0.3 is 0 Å². The van der Waals surface area contributed by atoms with Gasteiger partial charge in [-0.1, -0.05) is 23.7 Å². The average Bonchev–Trinajstić information content (AvgIpc) is 3.64. The number of rotatable bonds is 5. The Morgan fingerprint density at radius 1 is 1.03 bits per heavy atom. The highest BCUT2D eigenvalue weighted by molar-refractivity contribution is 7.90. The summed E-state index contributed by atoms with van der Waals surface area (Å²) in [4.78, 5) is 21.3. The molecule has 6 nitrogen and oxygen atoms in total. The number of halogens is 3. The second-order valence-electron chi connectivity index (χ2n) is 9.24. The first-order valence-electron chi connectivity index (χ1n) is 11.5. The lowest BCUT2D eigenvalue weighted by atomic mass is 10.1. The van der Waals surface area contributed by atoms with Crippen LogP contribution in [0.5, 0.6) is 0 Å². The van der Waals surface area contributed by atoms with Crippen molar-refractivity contribution in [2.24, 2.45) is 0 Å². The topological polar surface area (TPSA) is 81.9 Å². The summed E-state index contributed by atoms with van der Waals surface area (Å²) in [7, 11) is -3.90. The summed E-state index contributed by atoms with van der Waals surface area (Å²) >= 11 is 6.55. The first-order valence-corrected chi connectivity index (χ1v) is 13.7. The molecule has 3 heterocycles. The number of hydrogen-bond acceptors (Lipinski definition) is 5. The molecule has 0 N–H and O–H groups in total. The molecule has 1 unspecified atom stereocenters. The standard InChI is InChI=1S/C27H22ClF2N3O3S/c1-14-13-32-25(16-7-6-9-21(23(16)29)37(3,35)36)24(30)26(14)33-15(2)11-19(22(28)27(33)34)17-12-18(17)20-8-4-5-10-31-20/h4-11,13,17-18H,12H2,1-3H3/t17-,18?/m1/s1. The zero-order valence-electron chi connectivity index (χ0n) is 20.2. The summed E-state index contributed by atoms with van der Waals surface area (Å²) in [5, 5.41) is -0.0172. The van der Waals surface area contributed by atoms with E-state index in [-0.39, 0.29) is 28.1 Å². The van der Waals surface area contributed by atoms with E-state index in [1.165, 1.54) is 18.3 Å².